The molecule has 0 spiro atoms. The van der Waals surface area contributed by atoms with E-state index in [0.717, 1.165) is 77.0 Å². The zero-order chi connectivity index (χ0) is 70.0. The molecule has 0 bridgehead atoms. The lowest BCUT2D eigenvalue weighted by Gasteiger charge is -2.32. The van der Waals surface area contributed by atoms with Gasteiger partial charge in [-0.15, -0.1) is 0 Å². The van der Waals surface area contributed by atoms with Crippen LogP contribution < -0.4 is 32.8 Å². The van der Waals surface area contributed by atoms with E-state index < -0.39 is 110 Å². The highest BCUT2D eigenvalue weighted by molar-refractivity contribution is 6.64. The maximum absolute atomic E-state index is 6.45. The largest absolute Gasteiger partial charge is 0.494 e. The van der Waals surface area contributed by atoms with E-state index in [0.29, 0.717) is 17.5 Å². The molecular weight excluding hydrogens is 1210 g/mol. The van der Waals surface area contributed by atoms with Crippen LogP contribution in [0.4, 0.5) is 0 Å². The molecule has 0 N–H and O–H groups in total. The van der Waals surface area contributed by atoms with Gasteiger partial charge in [-0.05, 0) is 223 Å². The number of aromatic nitrogens is 4. The van der Waals surface area contributed by atoms with Crippen molar-refractivity contribution in [1.29, 1.82) is 0 Å². The minimum atomic E-state index is -0.460. The molecule has 504 valence electrons. The molecule has 14 rings (SSSR count). The van der Waals surface area contributed by atoms with Crippen molar-refractivity contribution in [2.75, 3.05) is 0 Å². The molecule has 97 heavy (non-hydrogen) atoms. The lowest BCUT2D eigenvalue weighted by molar-refractivity contribution is 0.00578. The van der Waals surface area contributed by atoms with E-state index in [2.05, 4.69) is 231 Å². The predicted octanol–water partition coefficient (Wildman–Crippen LogP) is 11.5. The van der Waals surface area contributed by atoms with Crippen molar-refractivity contribution in [2.24, 2.45) is 0 Å². The summed E-state index contributed by atoms with van der Waals surface area (Å²) in [5.74, 6) is 1.67. The second-order valence-corrected chi connectivity index (χ2v) is 33.2. The van der Waals surface area contributed by atoms with Crippen LogP contribution in [0.1, 0.15) is 166 Å². The summed E-state index contributed by atoms with van der Waals surface area (Å²) in [6.07, 6.45) is 0. The monoisotopic (exact) mass is 1310 g/mol. The van der Waals surface area contributed by atoms with Gasteiger partial charge in [0.15, 0.2) is 17.5 Å². The van der Waals surface area contributed by atoms with Crippen LogP contribution in [0.3, 0.4) is 0 Å². The minimum absolute atomic E-state index is 0.396. The van der Waals surface area contributed by atoms with Gasteiger partial charge >= 0.3 is 42.7 Å². The first-order chi connectivity index (χ1) is 44.9. The molecule has 0 radical (unpaired) electrons. The van der Waals surface area contributed by atoms with Gasteiger partial charge in [0.1, 0.15) is 0 Å². The summed E-state index contributed by atoms with van der Waals surface area (Å²) < 4.78 is 78.5. The van der Waals surface area contributed by atoms with E-state index in [1.165, 1.54) is 0 Å². The van der Waals surface area contributed by atoms with E-state index >= 15 is 0 Å². The van der Waals surface area contributed by atoms with E-state index in [-0.39, 0.29) is 0 Å². The van der Waals surface area contributed by atoms with Gasteiger partial charge in [-0.25, -0.2) is 15.0 Å². The van der Waals surface area contributed by atoms with Crippen molar-refractivity contribution >= 4 is 97.3 Å². The number of fused-ring (bicyclic) bond motifs is 3. The van der Waals surface area contributed by atoms with Gasteiger partial charge in [-0.2, -0.15) is 0 Å². The van der Waals surface area contributed by atoms with Crippen molar-refractivity contribution in [3.05, 3.63) is 133 Å². The van der Waals surface area contributed by atoms with Gasteiger partial charge in [0, 0.05) is 33.2 Å². The fourth-order valence-electron chi connectivity index (χ4n) is 12.4. The summed E-state index contributed by atoms with van der Waals surface area (Å²) in [7, 11) is -2.71. The Kier molecular flexibility index (Phi) is 16.7. The molecule has 6 aliphatic rings. The van der Waals surface area contributed by atoms with Crippen LogP contribution in [0.2, 0.25) is 0 Å². The molecule has 6 aromatic carbocycles. The Labute approximate surface area is 576 Å². The topological polar surface area (TPSA) is 154 Å². The van der Waals surface area contributed by atoms with Gasteiger partial charge in [0.25, 0.3) is 0 Å². The molecule has 0 atom stereocenters. The average molecular weight is 1310 g/mol. The molecule has 2 aromatic heterocycles. The highest BCUT2D eigenvalue weighted by Gasteiger charge is 2.57. The second-order valence-electron chi connectivity index (χ2n) is 33.2. The number of hydrogen-bond acceptors (Lipinski definition) is 15. The third kappa shape index (κ3) is 12.3. The van der Waals surface area contributed by atoms with Crippen LogP contribution in [0.15, 0.2) is 133 Å². The zero-order valence-electron chi connectivity index (χ0n) is 61.4. The summed E-state index contributed by atoms with van der Waals surface area (Å²) in [5, 5.41) is 2.21. The van der Waals surface area contributed by atoms with Crippen LogP contribution in [-0.2, 0) is 55.9 Å². The maximum Gasteiger partial charge on any atom is 0.494 e. The molecule has 6 saturated heterocycles. The Morgan fingerprint density at radius 3 is 0.608 bits per heavy atom. The van der Waals surface area contributed by atoms with Crippen LogP contribution in [-0.4, -0.2) is 129 Å². The van der Waals surface area contributed by atoms with Crippen molar-refractivity contribution in [3.8, 4) is 39.9 Å². The Morgan fingerprint density at radius 2 is 0.402 bits per heavy atom. The average Bonchev–Trinajstić information content (AvgIpc) is 1.57. The SMILES string of the molecule is CC1(C)OB(c2ccc(-c3nc(-c4ccc(B5OC(C)(C)C(C)(C)O5)cc4)nc(-c4ccc(B5OC(C)(C)C(C)(C)O5)cc4)n3)cc2)OC1(C)C.CC1(C)OB(c2ccc(-n3c4ccc(B5OC(C)(C)C(C)(C)O5)cc4c4cc(B5OC(C)(C)C(C)(C)O5)ccc43)cc2)OC1(C)C. The van der Waals surface area contributed by atoms with Crippen molar-refractivity contribution < 1.29 is 55.9 Å². The summed E-state index contributed by atoms with van der Waals surface area (Å²) in [4.78, 5) is 14.9. The lowest BCUT2D eigenvalue weighted by Crippen LogP contribution is -2.41. The molecule has 0 saturated carbocycles. The van der Waals surface area contributed by atoms with Gasteiger partial charge < -0.3 is 60.4 Å². The first-order valence-corrected chi connectivity index (χ1v) is 34.3. The van der Waals surface area contributed by atoms with E-state index in [4.69, 9.17) is 70.8 Å². The molecule has 0 amide bonds. The van der Waals surface area contributed by atoms with Crippen LogP contribution >= 0.6 is 0 Å². The molecule has 6 aliphatic heterocycles. The minimum Gasteiger partial charge on any atom is -0.399 e. The number of benzene rings is 6. The third-order valence-electron chi connectivity index (χ3n) is 23.3. The number of hydrogen-bond donors (Lipinski definition) is 0. The summed E-state index contributed by atoms with van der Waals surface area (Å²) in [5.41, 5.74) is 6.49. The van der Waals surface area contributed by atoms with Crippen molar-refractivity contribution in [1.82, 2.24) is 19.5 Å². The molecule has 8 heterocycles. The van der Waals surface area contributed by atoms with Crippen molar-refractivity contribution in [2.45, 2.75) is 233 Å². The predicted molar refractivity (Wildman–Crippen MR) is 391 cm³/mol. The van der Waals surface area contributed by atoms with E-state index in [1.54, 1.807) is 0 Å². The maximum atomic E-state index is 6.45. The standard InChI is InChI=1S/C39H48B3N3O6.C36H46B3NO6/c1-34(2)35(3,4)47-40(46-34)28-19-13-25(14-20-28)31-43-32(26-15-21-29(22-16-26)41-48-36(5,6)37(7,8)49-41)45-33(44-31)27-17-23-30(24-18-27)42-50-38(9,10)39(11,12)51-42;1-31(2)32(3,4)42-37(41-31)23-13-17-26(18-14-23)40-29-19-15-24(38-43-33(5,6)34(7,8)44-38)21-27(29)28-22-25(16-20-30(28)40)39-45-35(9,10)36(11,12)46-39/h13-24H,1-12H3;13-22H,1-12H3. The Morgan fingerprint density at radius 1 is 0.227 bits per heavy atom. The second kappa shape index (κ2) is 23.3. The normalized spacial score (nSPS) is 23.2. The molecule has 0 unspecified atom stereocenters. The fraction of sp³-hybridized carbons (Fsp3) is 0.480. The van der Waals surface area contributed by atoms with Gasteiger partial charge in [-0.1, -0.05) is 109 Å². The van der Waals surface area contributed by atoms with Gasteiger partial charge in [0.2, 0.25) is 0 Å². The third-order valence-corrected chi connectivity index (χ3v) is 23.3. The van der Waals surface area contributed by atoms with Gasteiger partial charge in [0.05, 0.1) is 78.2 Å². The summed E-state index contributed by atoms with van der Waals surface area (Å²) in [6.45, 7) is 49.6. The molecular formula is C75H94B6N4O12. The van der Waals surface area contributed by atoms with Gasteiger partial charge in [-0.3, -0.25) is 0 Å². The fourth-order valence-corrected chi connectivity index (χ4v) is 12.4. The quantitative estimate of drug-likeness (QED) is 0.119. The van der Waals surface area contributed by atoms with Crippen LogP contribution in [0.5, 0.6) is 0 Å². The molecule has 8 aromatic rings. The number of rotatable bonds is 10. The highest BCUT2D eigenvalue weighted by atomic mass is 16.7. The zero-order valence-corrected chi connectivity index (χ0v) is 61.4. The molecule has 0 aliphatic carbocycles. The smallest absolute Gasteiger partial charge is 0.399 e. The Hall–Kier alpha value is -5.96. The molecule has 16 nitrogen and oxygen atoms in total. The molecule has 6 fully saturated rings. The first kappa shape index (κ1) is 69.5. The van der Waals surface area contributed by atoms with Crippen LogP contribution in [0.25, 0.3) is 61.7 Å². The molecule has 22 heteroatoms. The Balaban J connectivity index is 0.000000176. The van der Waals surface area contributed by atoms with E-state index in [1.807, 2.05) is 72.8 Å². The highest BCUT2D eigenvalue weighted by Crippen LogP contribution is 2.43. The summed E-state index contributed by atoms with van der Waals surface area (Å²) >= 11 is 0. The summed E-state index contributed by atoms with van der Waals surface area (Å²) in [6, 6.07) is 45.6. The van der Waals surface area contributed by atoms with Crippen molar-refractivity contribution in [3.63, 3.8) is 0 Å². The van der Waals surface area contributed by atoms with Crippen LogP contribution in [0, 0.1) is 0 Å². The lowest BCUT2D eigenvalue weighted by atomic mass is 9.77. The Bertz CT molecular complexity index is 3900. The first-order valence-electron chi connectivity index (χ1n) is 34.3. The van der Waals surface area contributed by atoms with E-state index in [9.17, 15) is 0 Å². The number of nitrogens with zero attached hydrogens (tertiary/aromatic N) is 4.